The van der Waals surface area contributed by atoms with Crippen molar-refractivity contribution in [2.75, 3.05) is 0 Å². The van der Waals surface area contributed by atoms with Crippen LogP contribution in [-0.4, -0.2) is 0 Å². The first-order chi connectivity index (χ1) is 4.18. The first-order valence-corrected chi connectivity index (χ1v) is 4.01. The van der Waals surface area contributed by atoms with E-state index in [0.717, 1.165) is 23.7 Å². The van der Waals surface area contributed by atoms with Crippen molar-refractivity contribution in [3.63, 3.8) is 0 Å². The van der Waals surface area contributed by atoms with Gasteiger partial charge in [0.15, 0.2) is 0 Å². The molecule has 9 heavy (non-hydrogen) atoms. The average Bonchev–Trinajstić information content (AvgIpc) is 2.40. The molecule has 0 heteroatoms. The van der Waals surface area contributed by atoms with E-state index < -0.39 is 0 Å². The highest BCUT2D eigenvalue weighted by molar-refractivity contribution is 4.95. The lowest BCUT2D eigenvalue weighted by atomic mass is 10.0. The predicted molar refractivity (Wildman–Crippen MR) is 41.0 cm³/mol. The Kier molecular flexibility index (Phi) is 1.83. The Hall–Kier alpha value is 0. The summed E-state index contributed by atoms with van der Waals surface area (Å²) in [4.78, 5) is 0. The lowest BCUT2D eigenvalue weighted by Crippen LogP contribution is -1.96. The monoisotopic (exact) mass is 125 g/mol. The van der Waals surface area contributed by atoms with Crippen molar-refractivity contribution in [1.29, 1.82) is 0 Å². The molecular formula is C9H17. The van der Waals surface area contributed by atoms with Crippen molar-refractivity contribution in [2.24, 2.45) is 23.7 Å². The van der Waals surface area contributed by atoms with E-state index >= 15 is 0 Å². The fourth-order valence-electron chi connectivity index (χ4n) is 1.83. The van der Waals surface area contributed by atoms with E-state index in [-0.39, 0.29) is 0 Å². The minimum atomic E-state index is 0.718. The molecule has 1 saturated carbocycles. The predicted octanol–water partition coefficient (Wildman–Crippen LogP) is 2.75. The van der Waals surface area contributed by atoms with Gasteiger partial charge in [0.25, 0.3) is 0 Å². The van der Waals surface area contributed by atoms with E-state index in [1.54, 1.807) is 0 Å². The van der Waals surface area contributed by atoms with Crippen LogP contribution >= 0.6 is 0 Å². The summed E-state index contributed by atoms with van der Waals surface area (Å²) in [5.41, 5.74) is 0. The molecule has 1 rings (SSSR count). The minimum absolute atomic E-state index is 0.718. The average molecular weight is 125 g/mol. The molecule has 1 radical (unpaired) electrons. The molecule has 1 aliphatic carbocycles. The van der Waals surface area contributed by atoms with Crippen molar-refractivity contribution >= 4 is 0 Å². The summed E-state index contributed by atoms with van der Waals surface area (Å²) < 4.78 is 0. The summed E-state index contributed by atoms with van der Waals surface area (Å²) in [7, 11) is 0. The molecule has 0 aromatic heterocycles. The molecule has 0 N–H and O–H groups in total. The summed E-state index contributed by atoms with van der Waals surface area (Å²) in [5, 5.41) is 0. The summed E-state index contributed by atoms with van der Waals surface area (Å²) in [6.07, 6.45) is 1.25. The van der Waals surface area contributed by atoms with Crippen LogP contribution in [0.3, 0.4) is 0 Å². The van der Waals surface area contributed by atoms with Crippen molar-refractivity contribution in [2.45, 2.75) is 27.2 Å². The summed E-state index contributed by atoms with van der Waals surface area (Å²) >= 11 is 0. The zero-order valence-electron chi connectivity index (χ0n) is 6.72. The Bertz CT molecular complexity index is 88.2. The van der Waals surface area contributed by atoms with Crippen LogP contribution in [0, 0.1) is 30.6 Å². The molecule has 3 atom stereocenters. The molecule has 0 aromatic carbocycles. The van der Waals surface area contributed by atoms with Gasteiger partial charge in [-0.15, -0.1) is 0 Å². The SMILES string of the molecule is [CH2]C(CC)C1C(C)C1C. The van der Waals surface area contributed by atoms with Crippen molar-refractivity contribution < 1.29 is 0 Å². The smallest absolute Gasteiger partial charge is 0.0329 e. The summed E-state index contributed by atoms with van der Waals surface area (Å²) in [6.45, 7) is 11.0. The zero-order valence-corrected chi connectivity index (χ0v) is 6.72. The number of hydrogen-bond donors (Lipinski definition) is 0. The fourth-order valence-corrected chi connectivity index (χ4v) is 1.83. The molecule has 1 fully saturated rings. The molecular weight excluding hydrogens is 108 g/mol. The Labute approximate surface area is 58.7 Å². The van der Waals surface area contributed by atoms with E-state index in [4.69, 9.17) is 0 Å². The molecule has 0 amide bonds. The van der Waals surface area contributed by atoms with Gasteiger partial charge in [-0.05, 0) is 30.6 Å². The fraction of sp³-hybridized carbons (Fsp3) is 0.889. The largest absolute Gasteiger partial charge is 0.0651 e. The highest BCUT2D eigenvalue weighted by Gasteiger charge is 2.45. The molecule has 53 valence electrons. The Morgan fingerprint density at radius 2 is 1.78 bits per heavy atom. The lowest BCUT2D eigenvalue weighted by Gasteiger charge is -2.04. The van der Waals surface area contributed by atoms with Crippen LogP contribution in [0.15, 0.2) is 0 Å². The molecule has 0 aromatic rings. The maximum atomic E-state index is 4.12. The highest BCUT2D eigenvalue weighted by atomic mass is 14.5. The van der Waals surface area contributed by atoms with Gasteiger partial charge in [-0.3, -0.25) is 0 Å². The van der Waals surface area contributed by atoms with Crippen LogP contribution in [0.1, 0.15) is 27.2 Å². The maximum Gasteiger partial charge on any atom is -0.0329 e. The topological polar surface area (TPSA) is 0 Å². The van der Waals surface area contributed by atoms with Crippen molar-refractivity contribution in [3.8, 4) is 0 Å². The zero-order chi connectivity index (χ0) is 7.02. The van der Waals surface area contributed by atoms with Gasteiger partial charge in [0.05, 0.1) is 0 Å². The first kappa shape index (κ1) is 7.11. The Balaban J connectivity index is 2.31. The van der Waals surface area contributed by atoms with Crippen molar-refractivity contribution in [1.82, 2.24) is 0 Å². The lowest BCUT2D eigenvalue weighted by molar-refractivity contribution is 0.502. The summed E-state index contributed by atoms with van der Waals surface area (Å²) in [6, 6.07) is 0. The second-order valence-corrected chi connectivity index (χ2v) is 3.46. The second kappa shape index (κ2) is 2.32. The second-order valence-electron chi connectivity index (χ2n) is 3.46. The normalized spacial score (nSPS) is 44.7. The van der Waals surface area contributed by atoms with E-state index in [1.165, 1.54) is 6.42 Å². The summed E-state index contributed by atoms with van der Waals surface area (Å²) in [5.74, 6) is 3.56. The van der Waals surface area contributed by atoms with Crippen LogP contribution in [0.25, 0.3) is 0 Å². The van der Waals surface area contributed by atoms with E-state index in [1.807, 2.05) is 0 Å². The molecule has 0 nitrogen and oxygen atoms in total. The highest BCUT2D eigenvalue weighted by Crippen LogP contribution is 2.50. The molecule has 1 aliphatic rings. The third-order valence-corrected chi connectivity index (χ3v) is 2.97. The van der Waals surface area contributed by atoms with Crippen LogP contribution < -0.4 is 0 Å². The van der Waals surface area contributed by atoms with Gasteiger partial charge < -0.3 is 0 Å². The van der Waals surface area contributed by atoms with Crippen LogP contribution in [0.5, 0.6) is 0 Å². The van der Waals surface area contributed by atoms with Gasteiger partial charge in [-0.2, -0.15) is 0 Å². The van der Waals surface area contributed by atoms with Gasteiger partial charge in [-0.1, -0.05) is 27.2 Å². The van der Waals surface area contributed by atoms with Crippen molar-refractivity contribution in [3.05, 3.63) is 6.92 Å². The Morgan fingerprint density at radius 1 is 1.33 bits per heavy atom. The third kappa shape index (κ3) is 1.12. The molecule has 0 aliphatic heterocycles. The van der Waals surface area contributed by atoms with Crippen LogP contribution in [0.4, 0.5) is 0 Å². The number of rotatable bonds is 2. The van der Waals surface area contributed by atoms with E-state index in [2.05, 4.69) is 27.7 Å². The van der Waals surface area contributed by atoms with Crippen LogP contribution in [-0.2, 0) is 0 Å². The van der Waals surface area contributed by atoms with Gasteiger partial charge in [0.2, 0.25) is 0 Å². The molecule has 0 spiro atoms. The van der Waals surface area contributed by atoms with E-state index in [0.29, 0.717) is 0 Å². The Morgan fingerprint density at radius 3 is 1.89 bits per heavy atom. The standard InChI is InChI=1S/C9H17/c1-5-6(2)9-7(3)8(9)4/h6-9H,2,5H2,1,3-4H3. The number of hydrogen-bond acceptors (Lipinski definition) is 0. The van der Waals surface area contributed by atoms with Gasteiger partial charge in [0, 0.05) is 0 Å². The maximum absolute atomic E-state index is 4.12. The van der Waals surface area contributed by atoms with Crippen LogP contribution in [0.2, 0.25) is 0 Å². The minimum Gasteiger partial charge on any atom is -0.0651 e. The quantitative estimate of drug-likeness (QED) is 0.532. The van der Waals surface area contributed by atoms with Gasteiger partial charge in [-0.25, -0.2) is 0 Å². The van der Waals surface area contributed by atoms with Gasteiger partial charge in [0.1, 0.15) is 0 Å². The molecule has 0 bridgehead atoms. The first-order valence-electron chi connectivity index (χ1n) is 4.01. The van der Waals surface area contributed by atoms with E-state index in [9.17, 15) is 0 Å². The van der Waals surface area contributed by atoms with Gasteiger partial charge >= 0.3 is 0 Å². The molecule has 0 saturated heterocycles. The molecule has 0 heterocycles. The molecule has 3 unspecified atom stereocenters. The third-order valence-electron chi connectivity index (χ3n) is 2.97.